The Kier molecular flexibility index (Phi) is 5.30. The van der Waals surface area contributed by atoms with E-state index in [-0.39, 0.29) is 11.5 Å². The van der Waals surface area contributed by atoms with Crippen LogP contribution in [0.5, 0.6) is 5.75 Å². The van der Waals surface area contributed by atoms with Crippen molar-refractivity contribution in [2.24, 2.45) is 0 Å². The molecular formula is C24H21N3O3. The number of benzene rings is 2. The fourth-order valence-electron chi connectivity index (χ4n) is 3.45. The molecule has 0 aliphatic carbocycles. The van der Waals surface area contributed by atoms with Gasteiger partial charge in [-0.2, -0.15) is 0 Å². The van der Waals surface area contributed by atoms with Gasteiger partial charge >= 0.3 is 0 Å². The minimum Gasteiger partial charge on any atom is -0.496 e. The van der Waals surface area contributed by atoms with Crippen LogP contribution >= 0.6 is 0 Å². The van der Waals surface area contributed by atoms with Crippen molar-refractivity contribution in [1.29, 1.82) is 0 Å². The number of aromatic nitrogens is 2. The summed E-state index contributed by atoms with van der Waals surface area (Å²) in [4.78, 5) is 29.8. The minimum atomic E-state index is -0.243. The molecule has 0 saturated heterocycles. The van der Waals surface area contributed by atoms with Crippen molar-refractivity contribution in [2.75, 3.05) is 12.4 Å². The summed E-state index contributed by atoms with van der Waals surface area (Å²) in [6, 6.07) is 16.2. The van der Waals surface area contributed by atoms with Crippen LogP contribution in [0.15, 0.2) is 78.0 Å². The molecule has 0 atom stereocenters. The number of hydrogen-bond donors (Lipinski definition) is 1. The monoisotopic (exact) mass is 399 g/mol. The number of hydrogen-bond acceptors (Lipinski definition) is 4. The molecule has 0 aliphatic rings. The molecule has 6 nitrogen and oxygen atoms in total. The molecule has 30 heavy (non-hydrogen) atoms. The summed E-state index contributed by atoms with van der Waals surface area (Å²) in [5, 5.41) is 4.17. The molecule has 2 heterocycles. The highest BCUT2D eigenvalue weighted by Gasteiger charge is 2.12. The smallest absolute Gasteiger partial charge is 0.258 e. The highest BCUT2D eigenvalue weighted by atomic mass is 16.5. The summed E-state index contributed by atoms with van der Waals surface area (Å²) < 4.78 is 6.89. The van der Waals surface area contributed by atoms with Crippen molar-refractivity contribution in [2.45, 2.75) is 13.5 Å². The number of methoxy groups -OCH3 is 1. The van der Waals surface area contributed by atoms with Gasteiger partial charge in [0.05, 0.1) is 13.7 Å². The molecule has 4 rings (SSSR count). The average Bonchev–Trinajstić information content (AvgIpc) is 2.76. The van der Waals surface area contributed by atoms with Gasteiger partial charge < -0.3 is 14.6 Å². The first-order valence-corrected chi connectivity index (χ1v) is 9.54. The molecule has 0 radical (unpaired) electrons. The van der Waals surface area contributed by atoms with Crippen LogP contribution in [-0.4, -0.2) is 22.6 Å². The molecule has 6 heteroatoms. The van der Waals surface area contributed by atoms with Crippen LogP contribution < -0.4 is 15.6 Å². The Morgan fingerprint density at radius 2 is 1.97 bits per heavy atom. The second-order valence-corrected chi connectivity index (χ2v) is 7.02. The number of aryl methyl sites for hydroxylation is 1. The number of anilines is 1. The van der Waals surface area contributed by atoms with Gasteiger partial charge in [0, 0.05) is 40.6 Å². The lowest BCUT2D eigenvalue weighted by atomic mass is 10.1. The zero-order valence-electron chi connectivity index (χ0n) is 16.8. The second-order valence-electron chi connectivity index (χ2n) is 7.02. The molecule has 0 spiro atoms. The number of carbonyl (C=O) groups excluding carboxylic acids is 1. The van der Waals surface area contributed by atoms with Gasteiger partial charge in [-0.15, -0.1) is 0 Å². The van der Waals surface area contributed by atoms with Crippen molar-refractivity contribution in [3.05, 3.63) is 100 Å². The largest absolute Gasteiger partial charge is 0.496 e. The zero-order valence-corrected chi connectivity index (χ0v) is 16.8. The summed E-state index contributed by atoms with van der Waals surface area (Å²) in [6.45, 7) is 2.32. The Morgan fingerprint density at radius 3 is 2.70 bits per heavy atom. The van der Waals surface area contributed by atoms with Gasteiger partial charge in [-0.25, -0.2) is 0 Å². The molecular weight excluding hydrogens is 378 g/mol. The predicted molar refractivity (Wildman–Crippen MR) is 117 cm³/mol. The first-order chi connectivity index (χ1) is 14.6. The molecule has 0 aliphatic heterocycles. The molecule has 1 amide bonds. The van der Waals surface area contributed by atoms with Crippen molar-refractivity contribution in [3.63, 3.8) is 0 Å². The van der Waals surface area contributed by atoms with Crippen LogP contribution in [0.2, 0.25) is 0 Å². The van der Waals surface area contributed by atoms with Gasteiger partial charge in [0.25, 0.3) is 11.5 Å². The minimum absolute atomic E-state index is 0.118. The number of amides is 1. The Bertz CT molecular complexity index is 1280. The SMILES string of the molecule is COc1ccc(C(=O)Nc2cccc3c(=O)n(Cc4cccnc4)ccc23)cc1C. The van der Waals surface area contributed by atoms with E-state index in [1.807, 2.05) is 25.1 Å². The maximum Gasteiger partial charge on any atom is 0.258 e. The Labute approximate surface area is 173 Å². The lowest BCUT2D eigenvalue weighted by Crippen LogP contribution is -2.21. The van der Waals surface area contributed by atoms with E-state index in [9.17, 15) is 9.59 Å². The molecule has 4 aromatic rings. The van der Waals surface area contributed by atoms with Crippen molar-refractivity contribution in [1.82, 2.24) is 9.55 Å². The lowest BCUT2D eigenvalue weighted by Gasteiger charge is -2.12. The molecule has 150 valence electrons. The van der Waals surface area contributed by atoms with E-state index in [1.54, 1.807) is 66.7 Å². The van der Waals surface area contributed by atoms with Gasteiger partial charge in [-0.05, 0) is 60.5 Å². The first kappa shape index (κ1) is 19.4. The van der Waals surface area contributed by atoms with Gasteiger partial charge in [0.2, 0.25) is 0 Å². The summed E-state index contributed by atoms with van der Waals surface area (Å²) in [6.07, 6.45) is 5.18. The third-order valence-corrected chi connectivity index (χ3v) is 5.00. The third kappa shape index (κ3) is 3.80. The summed E-state index contributed by atoms with van der Waals surface area (Å²) >= 11 is 0. The maximum absolute atomic E-state index is 13.0. The third-order valence-electron chi connectivity index (χ3n) is 5.00. The number of rotatable bonds is 5. The van der Waals surface area contributed by atoms with E-state index in [0.717, 1.165) is 16.9 Å². The molecule has 0 fully saturated rings. The summed E-state index contributed by atoms with van der Waals surface area (Å²) in [5.41, 5.74) is 2.82. The fraction of sp³-hybridized carbons (Fsp3) is 0.125. The standard InChI is InChI=1S/C24H21N3O3/c1-16-13-18(8-9-22(16)30-2)23(28)26-21-7-3-6-20-19(21)10-12-27(24(20)29)15-17-5-4-11-25-14-17/h3-14H,15H2,1-2H3,(H,26,28). The van der Waals surface area contributed by atoms with Crippen LogP contribution in [0.4, 0.5) is 5.69 Å². The summed E-state index contributed by atoms with van der Waals surface area (Å²) in [7, 11) is 1.60. The van der Waals surface area contributed by atoms with E-state index in [0.29, 0.717) is 28.6 Å². The van der Waals surface area contributed by atoms with Crippen molar-refractivity contribution >= 4 is 22.4 Å². The molecule has 0 bridgehead atoms. The fourth-order valence-corrected chi connectivity index (χ4v) is 3.45. The average molecular weight is 399 g/mol. The Hall–Kier alpha value is -3.93. The van der Waals surface area contributed by atoms with E-state index in [4.69, 9.17) is 4.74 Å². The molecule has 0 saturated carbocycles. The molecule has 1 N–H and O–H groups in total. The lowest BCUT2D eigenvalue weighted by molar-refractivity contribution is 0.102. The first-order valence-electron chi connectivity index (χ1n) is 9.54. The van der Waals surface area contributed by atoms with Gasteiger partial charge in [0.15, 0.2) is 0 Å². The zero-order chi connectivity index (χ0) is 21.1. The Morgan fingerprint density at radius 1 is 1.10 bits per heavy atom. The van der Waals surface area contributed by atoms with E-state index in [1.165, 1.54) is 0 Å². The number of carbonyl (C=O) groups is 1. The molecule has 0 unspecified atom stereocenters. The highest BCUT2D eigenvalue weighted by molar-refractivity contribution is 6.09. The molecule has 2 aromatic heterocycles. The van der Waals surface area contributed by atoms with Gasteiger partial charge in [0.1, 0.15) is 5.75 Å². The van der Waals surface area contributed by atoms with Gasteiger partial charge in [-0.3, -0.25) is 14.6 Å². The van der Waals surface area contributed by atoms with E-state index in [2.05, 4.69) is 10.3 Å². The van der Waals surface area contributed by atoms with Crippen molar-refractivity contribution in [3.8, 4) is 5.75 Å². The number of pyridine rings is 2. The normalized spacial score (nSPS) is 10.7. The number of ether oxygens (including phenoxy) is 1. The van der Waals surface area contributed by atoms with E-state index < -0.39 is 0 Å². The van der Waals surface area contributed by atoms with Crippen LogP contribution in [0, 0.1) is 6.92 Å². The number of nitrogens with zero attached hydrogens (tertiary/aromatic N) is 2. The van der Waals surface area contributed by atoms with Crippen LogP contribution in [-0.2, 0) is 6.54 Å². The second kappa shape index (κ2) is 8.21. The van der Waals surface area contributed by atoms with Crippen LogP contribution in [0.25, 0.3) is 10.8 Å². The number of nitrogens with one attached hydrogen (secondary N) is 1. The highest BCUT2D eigenvalue weighted by Crippen LogP contribution is 2.23. The van der Waals surface area contributed by atoms with E-state index >= 15 is 0 Å². The van der Waals surface area contributed by atoms with Crippen LogP contribution in [0.1, 0.15) is 21.5 Å². The quantitative estimate of drug-likeness (QED) is 0.550. The Balaban J connectivity index is 1.65. The number of fused-ring (bicyclic) bond motifs is 1. The van der Waals surface area contributed by atoms with Crippen molar-refractivity contribution < 1.29 is 9.53 Å². The maximum atomic E-state index is 13.0. The topological polar surface area (TPSA) is 73.2 Å². The van der Waals surface area contributed by atoms with Crippen LogP contribution in [0.3, 0.4) is 0 Å². The predicted octanol–water partition coefficient (Wildman–Crippen LogP) is 4.01. The summed E-state index contributed by atoms with van der Waals surface area (Å²) in [5.74, 6) is 0.485. The van der Waals surface area contributed by atoms with Gasteiger partial charge in [-0.1, -0.05) is 12.1 Å². The molecule has 2 aromatic carbocycles.